The van der Waals surface area contributed by atoms with E-state index in [1.165, 1.54) is 0 Å². The molecule has 5 heterocycles. The molecule has 1 N–H and O–H groups in total. The topological polar surface area (TPSA) is 107 Å². The second-order valence-electron chi connectivity index (χ2n) is 9.08. The molecule has 0 unspecified atom stereocenters. The van der Waals surface area contributed by atoms with Crippen molar-refractivity contribution in [1.82, 2.24) is 29.4 Å². The van der Waals surface area contributed by atoms with E-state index >= 15 is 0 Å². The van der Waals surface area contributed by atoms with Crippen LogP contribution in [-0.2, 0) is 9.47 Å². The Morgan fingerprint density at radius 3 is 2.56 bits per heavy atom. The first-order chi connectivity index (χ1) is 17.5. The smallest absolute Gasteiger partial charge is 0.272 e. The molecule has 0 radical (unpaired) electrons. The van der Waals surface area contributed by atoms with E-state index in [0.29, 0.717) is 43.4 Å². The lowest BCUT2D eigenvalue weighted by Crippen LogP contribution is -2.40. The summed E-state index contributed by atoms with van der Waals surface area (Å²) in [5.41, 5.74) is 1.75. The molecular weight excluding hydrogens is 465 g/mol. The number of piperidine rings is 1. The quantitative estimate of drug-likeness (QED) is 0.554. The number of halogens is 1. The number of aryl methyl sites for hydroxylation is 1. The van der Waals surface area contributed by atoms with Crippen LogP contribution in [0.3, 0.4) is 0 Å². The second kappa shape index (κ2) is 10.7. The lowest BCUT2D eigenvalue weighted by atomic mass is 10.1. The van der Waals surface area contributed by atoms with E-state index in [1.54, 1.807) is 36.5 Å². The summed E-state index contributed by atoms with van der Waals surface area (Å²) in [6, 6.07) is 3.59. The lowest BCUT2D eigenvalue weighted by Gasteiger charge is -2.31. The van der Waals surface area contributed by atoms with Crippen LogP contribution in [0.2, 0.25) is 0 Å². The number of hydrogen-bond donors (Lipinski definition) is 1. The molecule has 0 aliphatic carbocycles. The number of ether oxygens (including phenoxy) is 2. The monoisotopic (exact) mass is 495 g/mol. The standard InChI is InChI=1S/C25H30FN7O3/c1-16-27-15-22(33(16)18-7-11-36-12-8-18)23-20(26)14-29-25(31-23)30-17-3-4-21(28-13-17)24(34)32-9-5-19(35-2)6-10-32/h3-4,13-15,18-19H,5-12H2,1-2H3,(H,29,30,31). The van der Waals surface area contributed by atoms with Crippen LogP contribution in [0.5, 0.6) is 0 Å². The van der Waals surface area contributed by atoms with Gasteiger partial charge in [0, 0.05) is 39.5 Å². The predicted octanol–water partition coefficient (Wildman–Crippen LogP) is 3.53. The lowest BCUT2D eigenvalue weighted by molar-refractivity contribution is 0.0347. The maximum absolute atomic E-state index is 14.8. The van der Waals surface area contributed by atoms with Gasteiger partial charge in [0.2, 0.25) is 5.95 Å². The van der Waals surface area contributed by atoms with E-state index in [-0.39, 0.29) is 29.7 Å². The van der Waals surface area contributed by atoms with Gasteiger partial charge in [0.25, 0.3) is 5.91 Å². The van der Waals surface area contributed by atoms with Gasteiger partial charge in [0.1, 0.15) is 17.2 Å². The number of pyridine rings is 1. The highest BCUT2D eigenvalue weighted by atomic mass is 19.1. The zero-order valence-corrected chi connectivity index (χ0v) is 20.5. The molecule has 3 aromatic heterocycles. The Morgan fingerprint density at radius 1 is 1.08 bits per heavy atom. The summed E-state index contributed by atoms with van der Waals surface area (Å²) < 4.78 is 27.7. The number of likely N-dealkylation sites (tertiary alicyclic amines) is 1. The summed E-state index contributed by atoms with van der Waals surface area (Å²) >= 11 is 0. The largest absolute Gasteiger partial charge is 0.381 e. The Hall–Kier alpha value is -3.44. The molecule has 190 valence electrons. The van der Waals surface area contributed by atoms with Gasteiger partial charge >= 0.3 is 0 Å². The summed E-state index contributed by atoms with van der Waals surface area (Å²) in [7, 11) is 1.70. The van der Waals surface area contributed by atoms with E-state index in [4.69, 9.17) is 9.47 Å². The maximum Gasteiger partial charge on any atom is 0.272 e. The summed E-state index contributed by atoms with van der Waals surface area (Å²) in [6.07, 6.45) is 7.86. The first kappa shape index (κ1) is 24.3. The van der Waals surface area contributed by atoms with Gasteiger partial charge in [0.15, 0.2) is 5.82 Å². The Morgan fingerprint density at radius 2 is 1.86 bits per heavy atom. The number of hydrogen-bond acceptors (Lipinski definition) is 8. The number of nitrogens with one attached hydrogen (secondary N) is 1. The van der Waals surface area contributed by atoms with E-state index in [9.17, 15) is 9.18 Å². The molecule has 0 atom stereocenters. The summed E-state index contributed by atoms with van der Waals surface area (Å²) in [4.78, 5) is 31.9. The molecule has 3 aromatic rings. The molecule has 2 aliphatic heterocycles. The van der Waals surface area contributed by atoms with Gasteiger partial charge in [-0.15, -0.1) is 0 Å². The molecule has 1 amide bonds. The fourth-order valence-corrected chi connectivity index (χ4v) is 4.82. The molecule has 36 heavy (non-hydrogen) atoms. The Labute approximate surface area is 208 Å². The van der Waals surface area contributed by atoms with Gasteiger partial charge in [0.05, 0.1) is 36.1 Å². The van der Waals surface area contributed by atoms with Crippen molar-refractivity contribution in [3.63, 3.8) is 0 Å². The molecule has 0 bridgehead atoms. The van der Waals surface area contributed by atoms with Gasteiger partial charge < -0.3 is 24.3 Å². The van der Waals surface area contributed by atoms with Crippen molar-refractivity contribution in [3.05, 3.63) is 48.1 Å². The Bertz CT molecular complexity index is 1200. The van der Waals surface area contributed by atoms with Gasteiger partial charge in [-0.1, -0.05) is 0 Å². The van der Waals surface area contributed by atoms with Crippen molar-refractivity contribution in [3.8, 4) is 11.4 Å². The molecule has 2 saturated heterocycles. The number of carbonyl (C=O) groups is 1. The number of carbonyl (C=O) groups excluding carboxylic acids is 1. The van der Waals surface area contributed by atoms with Crippen LogP contribution in [0.15, 0.2) is 30.7 Å². The Balaban J connectivity index is 1.31. The predicted molar refractivity (Wildman–Crippen MR) is 130 cm³/mol. The zero-order chi connectivity index (χ0) is 25.1. The van der Waals surface area contributed by atoms with Gasteiger partial charge in [-0.2, -0.15) is 0 Å². The molecule has 0 aromatic carbocycles. The van der Waals surface area contributed by atoms with E-state index < -0.39 is 5.82 Å². The van der Waals surface area contributed by atoms with Crippen LogP contribution in [0.1, 0.15) is 48.0 Å². The number of amides is 1. The fourth-order valence-electron chi connectivity index (χ4n) is 4.82. The third-order valence-corrected chi connectivity index (χ3v) is 6.83. The summed E-state index contributed by atoms with van der Waals surface area (Å²) in [5.74, 6) is 0.407. The second-order valence-corrected chi connectivity index (χ2v) is 9.08. The minimum absolute atomic E-state index is 0.104. The normalized spacial score (nSPS) is 17.4. The number of rotatable bonds is 6. The summed E-state index contributed by atoms with van der Waals surface area (Å²) in [5, 5.41) is 3.06. The minimum atomic E-state index is -0.523. The van der Waals surface area contributed by atoms with E-state index in [1.807, 2.05) is 11.5 Å². The molecule has 5 rings (SSSR count). The average molecular weight is 496 g/mol. The number of aromatic nitrogens is 5. The van der Waals surface area contributed by atoms with Crippen LogP contribution < -0.4 is 5.32 Å². The number of anilines is 2. The fraction of sp³-hybridized carbons (Fsp3) is 0.480. The molecule has 11 heteroatoms. The van der Waals surface area contributed by atoms with Gasteiger partial charge in [-0.05, 0) is 44.7 Å². The Kier molecular flexibility index (Phi) is 7.19. The van der Waals surface area contributed by atoms with Crippen LogP contribution in [0, 0.1) is 12.7 Å². The highest BCUT2D eigenvalue weighted by Crippen LogP contribution is 2.31. The first-order valence-corrected chi connectivity index (χ1v) is 12.2. The van der Waals surface area contributed by atoms with Gasteiger partial charge in [-0.3, -0.25) is 4.79 Å². The third-order valence-electron chi connectivity index (χ3n) is 6.83. The highest BCUT2D eigenvalue weighted by Gasteiger charge is 2.25. The molecule has 2 fully saturated rings. The van der Waals surface area contributed by atoms with E-state index in [0.717, 1.165) is 37.7 Å². The van der Waals surface area contributed by atoms with Gasteiger partial charge in [-0.25, -0.2) is 24.3 Å². The van der Waals surface area contributed by atoms with Crippen molar-refractivity contribution in [2.24, 2.45) is 0 Å². The zero-order valence-electron chi connectivity index (χ0n) is 20.5. The van der Waals surface area contributed by atoms with Crippen molar-refractivity contribution in [2.75, 3.05) is 38.7 Å². The molecular formula is C25H30FN7O3. The van der Waals surface area contributed by atoms with E-state index in [2.05, 4.69) is 25.3 Å². The highest BCUT2D eigenvalue weighted by molar-refractivity contribution is 5.92. The van der Waals surface area contributed by atoms with Crippen LogP contribution in [-0.4, -0.2) is 74.8 Å². The van der Waals surface area contributed by atoms with Crippen molar-refractivity contribution >= 4 is 17.5 Å². The molecule has 0 spiro atoms. The van der Waals surface area contributed by atoms with Crippen LogP contribution in [0.25, 0.3) is 11.4 Å². The summed E-state index contributed by atoms with van der Waals surface area (Å²) in [6.45, 7) is 4.53. The third kappa shape index (κ3) is 5.07. The number of imidazole rings is 1. The van der Waals surface area contributed by atoms with Crippen molar-refractivity contribution in [1.29, 1.82) is 0 Å². The van der Waals surface area contributed by atoms with Crippen LogP contribution >= 0.6 is 0 Å². The average Bonchev–Trinajstić information content (AvgIpc) is 3.31. The number of nitrogens with zero attached hydrogens (tertiary/aromatic N) is 6. The van der Waals surface area contributed by atoms with Crippen molar-refractivity contribution < 1.29 is 18.7 Å². The van der Waals surface area contributed by atoms with Crippen molar-refractivity contribution in [2.45, 2.75) is 44.8 Å². The molecule has 10 nitrogen and oxygen atoms in total. The molecule has 0 saturated carbocycles. The number of methoxy groups -OCH3 is 1. The van der Waals surface area contributed by atoms with Crippen LogP contribution in [0.4, 0.5) is 16.0 Å². The first-order valence-electron chi connectivity index (χ1n) is 12.2. The maximum atomic E-state index is 14.8. The SMILES string of the molecule is COC1CCN(C(=O)c2ccc(Nc3ncc(F)c(-c4cnc(C)n4C4CCOCC4)n3)cn2)CC1. The minimum Gasteiger partial charge on any atom is -0.381 e. The molecule has 2 aliphatic rings.